The second-order valence-electron chi connectivity index (χ2n) is 4.99. The van der Waals surface area contributed by atoms with Gasteiger partial charge in [0.15, 0.2) is 11.5 Å². The van der Waals surface area contributed by atoms with Crippen LogP contribution in [-0.2, 0) is 6.42 Å². The lowest BCUT2D eigenvalue weighted by molar-refractivity contribution is 0.171. The van der Waals surface area contributed by atoms with Gasteiger partial charge >= 0.3 is 0 Å². The molecule has 0 saturated heterocycles. The fraction of sp³-hybridized carbons (Fsp3) is 0.250. The van der Waals surface area contributed by atoms with E-state index in [2.05, 4.69) is 0 Å². The molecule has 1 heterocycles. The van der Waals surface area contributed by atoms with Crippen LogP contribution < -0.4 is 15.2 Å². The first-order valence-electron chi connectivity index (χ1n) is 6.72. The molecular weight excluding hydrogens is 276 g/mol. The van der Waals surface area contributed by atoms with Crippen LogP contribution in [0.1, 0.15) is 17.2 Å². The minimum atomic E-state index is -0.598. The van der Waals surface area contributed by atoms with Crippen LogP contribution in [0.15, 0.2) is 36.4 Å². The Morgan fingerprint density at radius 3 is 2.33 bits per heavy atom. The SMILES string of the molecule is NC(Cc1cc(F)cc(F)c1)c1ccc2c(c1)OCCO2. The molecule has 0 aliphatic carbocycles. The van der Waals surface area contributed by atoms with Crippen molar-refractivity contribution in [1.29, 1.82) is 0 Å². The summed E-state index contributed by atoms with van der Waals surface area (Å²) in [5.41, 5.74) is 7.48. The highest BCUT2D eigenvalue weighted by Crippen LogP contribution is 2.32. The third-order valence-electron chi connectivity index (χ3n) is 3.37. The van der Waals surface area contributed by atoms with E-state index in [0.717, 1.165) is 11.6 Å². The van der Waals surface area contributed by atoms with Crippen molar-refractivity contribution in [2.45, 2.75) is 12.5 Å². The second kappa shape index (κ2) is 5.69. The molecule has 1 unspecified atom stereocenters. The van der Waals surface area contributed by atoms with Gasteiger partial charge in [-0.25, -0.2) is 8.78 Å². The topological polar surface area (TPSA) is 44.5 Å². The summed E-state index contributed by atoms with van der Waals surface area (Å²) in [6, 6.07) is 8.52. The predicted molar refractivity (Wildman–Crippen MR) is 74.4 cm³/mol. The summed E-state index contributed by atoms with van der Waals surface area (Å²) >= 11 is 0. The zero-order valence-corrected chi connectivity index (χ0v) is 11.3. The molecule has 0 bridgehead atoms. The summed E-state index contributed by atoms with van der Waals surface area (Å²) in [6.45, 7) is 1.03. The van der Waals surface area contributed by atoms with Crippen LogP contribution in [0.3, 0.4) is 0 Å². The van der Waals surface area contributed by atoms with Gasteiger partial charge in [0.25, 0.3) is 0 Å². The molecule has 0 spiro atoms. The van der Waals surface area contributed by atoms with E-state index in [4.69, 9.17) is 15.2 Å². The first kappa shape index (κ1) is 13.8. The Labute approximate surface area is 121 Å². The quantitative estimate of drug-likeness (QED) is 0.945. The highest BCUT2D eigenvalue weighted by Gasteiger charge is 2.15. The van der Waals surface area contributed by atoms with E-state index >= 15 is 0 Å². The van der Waals surface area contributed by atoms with Gasteiger partial charge in [0.2, 0.25) is 0 Å². The summed E-state index contributed by atoms with van der Waals surface area (Å²) in [5.74, 6) is 0.146. The number of halogens is 2. The average Bonchev–Trinajstić information content (AvgIpc) is 2.45. The van der Waals surface area contributed by atoms with Crippen LogP contribution in [0, 0.1) is 11.6 Å². The maximum Gasteiger partial charge on any atom is 0.161 e. The Kier molecular flexibility index (Phi) is 3.75. The van der Waals surface area contributed by atoms with E-state index in [1.54, 1.807) is 6.07 Å². The van der Waals surface area contributed by atoms with Crippen LogP contribution in [0.2, 0.25) is 0 Å². The molecule has 0 fully saturated rings. The minimum absolute atomic E-state index is 0.342. The van der Waals surface area contributed by atoms with Gasteiger partial charge in [-0.1, -0.05) is 6.07 Å². The monoisotopic (exact) mass is 291 g/mol. The molecule has 1 aliphatic heterocycles. The summed E-state index contributed by atoms with van der Waals surface area (Å²) in [6.07, 6.45) is 0.342. The summed E-state index contributed by atoms with van der Waals surface area (Å²) in [7, 11) is 0. The molecule has 0 amide bonds. The second-order valence-corrected chi connectivity index (χ2v) is 4.99. The molecule has 0 saturated carbocycles. The molecule has 1 aliphatic rings. The molecular formula is C16H15F2NO2. The van der Waals surface area contributed by atoms with E-state index in [9.17, 15) is 8.78 Å². The highest BCUT2D eigenvalue weighted by atomic mass is 19.1. The van der Waals surface area contributed by atoms with Crippen molar-refractivity contribution in [1.82, 2.24) is 0 Å². The minimum Gasteiger partial charge on any atom is -0.486 e. The number of ether oxygens (including phenoxy) is 2. The molecule has 3 rings (SSSR count). The van der Waals surface area contributed by atoms with Gasteiger partial charge in [0, 0.05) is 12.1 Å². The smallest absolute Gasteiger partial charge is 0.161 e. The first-order chi connectivity index (χ1) is 10.1. The van der Waals surface area contributed by atoms with Gasteiger partial charge in [-0.05, 0) is 41.8 Å². The summed E-state index contributed by atoms with van der Waals surface area (Å²) < 4.78 is 37.3. The standard InChI is InChI=1S/C16H15F2NO2/c17-12-5-10(6-13(18)9-12)7-14(19)11-1-2-15-16(8-11)21-4-3-20-15/h1-2,5-6,8-9,14H,3-4,7,19H2. The maximum atomic E-state index is 13.2. The van der Waals surface area contributed by atoms with Crippen LogP contribution in [0.4, 0.5) is 8.78 Å². The Bertz CT molecular complexity index is 640. The predicted octanol–water partition coefficient (Wildman–Crippen LogP) is 2.98. The van der Waals surface area contributed by atoms with E-state index in [1.165, 1.54) is 12.1 Å². The zero-order chi connectivity index (χ0) is 14.8. The molecule has 21 heavy (non-hydrogen) atoms. The van der Waals surface area contributed by atoms with Crippen LogP contribution in [-0.4, -0.2) is 13.2 Å². The summed E-state index contributed by atoms with van der Waals surface area (Å²) in [5, 5.41) is 0. The Balaban J connectivity index is 1.80. The van der Waals surface area contributed by atoms with Gasteiger partial charge in [0.05, 0.1) is 0 Å². The molecule has 110 valence electrons. The number of hydrogen-bond acceptors (Lipinski definition) is 3. The van der Waals surface area contributed by atoms with Gasteiger partial charge in [-0.3, -0.25) is 0 Å². The molecule has 5 heteroatoms. The zero-order valence-electron chi connectivity index (χ0n) is 11.3. The van der Waals surface area contributed by atoms with Crippen molar-refractivity contribution in [2.75, 3.05) is 13.2 Å². The van der Waals surface area contributed by atoms with E-state index in [1.807, 2.05) is 12.1 Å². The molecule has 2 aromatic carbocycles. The van der Waals surface area contributed by atoms with Crippen molar-refractivity contribution >= 4 is 0 Å². The van der Waals surface area contributed by atoms with E-state index in [-0.39, 0.29) is 6.04 Å². The molecule has 0 radical (unpaired) electrons. The van der Waals surface area contributed by atoms with Crippen molar-refractivity contribution in [3.8, 4) is 11.5 Å². The van der Waals surface area contributed by atoms with Crippen LogP contribution in [0.25, 0.3) is 0 Å². The Morgan fingerprint density at radius 2 is 1.62 bits per heavy atom. The van der Waals surface area contributed by atoms with E-state index in [0.29, 0.717) is 36.7 Å². The fourth-order valence-corrected chi connectivity index (χ4v) is 2.39. The normalized spacial score (nSPS) is 14.8. The third kappa shape index (κ3) is 3.13. The van der Waals surface area contributed by atoms with Crippen molar-refractivity contribution < 1.29 is 18.3 Å². The molecule has 2 N–H and O–H groups in total. The van der Waals surface area contributed by atoms with Gasteiger partial charge in [-0.2, -0.15) is 0 Å². The number of rotatable bonds is 3. The van der Waals surface area contributed by atoms with Gasteiger partial charge in [0.1, 0.15) is 24.8 Å². The number of fused-ring (bicyclic) bond motifs is 1. The molecule has 0 aromatic heterocycles. The Morgan fingerprint density at radius 1 is 0.952 bits per heavy atom. The highest BCUT2D eigenvalue weighted by molar-refractivity contribution is 5.44. The number of nitrogens with two attached hydrogens (primary N) is 1. The summed E-state index contributed by atoms with van der Waals surface area (Å²) in [4.78, 5) is 0. The lowest BCUT2D eigenvalue weighted by atomic mass is 9.99. The number of benzene rings is 2. The van der Waals surface area contributed by atoms with Crippen molar-refractivity contribution in [3.63, 3.8) is 0 Å². The van der Waals surface area contributed by atoms with Crippen LogP contribution in [0.5, 0.6) is 11.5 Å². The average molecular weight is 291 g/mol. The Hall–Kier alpha value is -2.14. The van der Waals surface area contributed by atoms with Gasteiger partial charge < -0.3 is 15.2 Å². The maximum absolute atomic E-state index is 13.2. The lowest BCUT2D eigenvalue weighted by Crippen LogP contribution is -2.17. The fourth-order valence-electron chi connectivity index (χ4n) is 2.39. The molecule has 1 atom stereocenters. The molecule has 3 nitrogen and oxygen atoms in total. The van der Waals surface area contributed by atoms with Crippen molar-refractivity contribution in [3.05, 3.63) is 59.2 Å². The molecule has 2 aromatic rings. The first-order valence-corrected chi connectivity index (χ1v) is 6.72. The number of hydrogen-bond donors (Lipinski definition) is 1. The third-order valence-corrected chi connectivity index (χ3v) is 3.37. The van der Waals surface area contributed by atoms with Gasteiger partial charge in [-0.15, -0.1) is 0 Å². The largest absolute Gasteiger partial charge is 0.486 e. The van der Waals surface area contributed by atoms with E-state index < -0.39 is 11.6 Å². The van der Waals surface area contributed by atoms with Crippen LogP contribution >= 0.6 is 0 Å². The lowest BCUT2D eigenvalue weighted by Gasteiger charge is -2.20. The van der Waals surface area contributed by atoms with Crippen molar-refractivity contribution in [2.24, 2.45) is 5.73 Å².